The lowest BCUT2D eigenvalue weighted by atomic mass is 10.3. The lowest BCUT2D eigenvalue weighted by Gasteiger charge is -2.17. The van der Waals surface area contributed by atoms with Gasteiger partial charge in [-0.15, -0.1) is 0 Å². The van der Waals surface area contributed by atoms with E-state index >= 15 is 0 Å². The van der Waals surface area contributed by atoms with Gasteiger partial charge in [0, 0.05) is 13.1 Å². The van der Waals surface area contributed by atoms with Crippen LogP contribution in [0.2, 0.25) is 5.28 Å². The number of rotatable bonds is 2. The minimum Gasteiger partial charge on any atom is -0.368 e. The van der Waals surface area contributed by atoms with Gasteiger partial charge in [0.15, 0.2) is 0 Å². The van der Waals surface area contributed by atoms with Crippen LogP contribution >= 0.6 is 11.6 Å². The molecule has 0 radical (unpaired) electrons. The molecule has 0 bridgehead atoms. The molecule has 0 saturated carbocycles. The molecule has 2 rings (SSSR count). The van der Waals surface area contributed by atoms with Crippen LogP contribution in [0.3, 0.4) is 0 Å². The maximum absolute atomic E-state index is 13.6. The van der Waals surface area contributed by atoms with Gasteiger partial charge in [-0.25, -0.2) is 8.78 Å². The van der Waals surface area contributed by atoms with E-state index in [0.717, 1.165) is 12.1 Å². The first-order chi connectivity index (χ1) is 8.47. The molecule has 8 heteroatoms. The summed E-state index contributed by atoms with van der Waals surface area (Å²) >= 11 is 5.62. The van der Waals surface area contributed by atoms with E-state index in [1.807, 2.05) is 0 Å². The van der Waals surface area contributed by atoms with Gasteiger partial charge in [0.1, 0.15) is 11.6 Å². The predicted molar refractivity (Wildman–Crippen MR) is 63.7 cm³/mol. The highest BCUT2D eigenvalue weighted by atomic mass is 35.5. The van der Waals surface area contributed by atoms with Crippen molar-refractivity contribution < 1.29 is 8.78 Å². The Balaban J connectivity index is 2.44. The highest BCUT2D eigenvalue weighted by Gasteiger charge is 2.14. The molecule has 0 atom stereocenters. The summed E-state index contributed by atoms with van der Waals surface area (Å²) in [5.41, 5.74) is 5.51. The molecule has 0 fully saturated rings. The molecule has 0 aliphatic carbocycles. The van der Waals surface area contributed by atoms with E-state index in [4.69, 9.17) is 17.3 Å². The largest absolute Gasteiger partial charge is 0.368 e. The number of nitrogens with zero attached hydrogens (tertiary/aromatic N) is 4. The first-order valence-electron chi connectivity index (χ1n) is 4.83. The van der Waals surface area contributed by atoms with Gasteiger partial charge < -0.3 is 10.6 Å². The fourth-order valence-electron chi connectivity index (χ4n) is 1.37. The van der Waals surface area contributed by atoms with Crippen LogP contribution in [0.15, 0.2) is 18.2 Å². The summed E-state index contributed by atoms with van der Waals surface area (Å²) in [6, 6.07) is 3.15. The normalized spacial score (nSPS) is 10.4. The van der Waals surface area contributed by atoms with E-state index in [2.05, 4.69) is 15.0 Å². The summed E-state index contributed by atoms with van der Waals surface area (Å²) < 4.78 is 26.4. The minimum absolute atomic E-state index is 0.0676. The number of halogens is 3. The SMILES string of the molecule is CN(c1nc(N)nc(Cl)n1)c1ccc(F)cc1F. The Morgan fingerprint density at radius 2 is 1.94 bits per heavy atom. The van der Waals surface area contributed by atoms with Crippen LogP contribution < -0.4 is 10.6 Å². The van der Waals surface area contributed by atoms with Crippen LogP contribution in [0, 0.1) is 11.6 Å². The summed E-state index contributed by atoms with van der Waals surface area (Å²) in [6.07, 6.45) is 0. The molecule has 0 aliphatic heterocycles. The number of aromatic nitrogens is 3. The van der Waals surface area contributed by atoms with Gasteiger partial charge in [-0.2, -0.15) is 15.0 Å². The molecule has 0 amide bonds. The van der Waals surface area contributed by atoms with Crippen molar-refractivity contribution in [2.45, 2.75) is 0 Å². The van der Waals surface area contributed by atoms with E-state index in [1.165, 1.54) is 18.0 Å². The predicted octanol–water partition coefficient (Wildman–Crippen LogP) is 2.15. The van der Waals surface area contributed by atoms with Crippen molar-refractivity contribution in [2.75, 3.05) is 17.7 Å². The third-order valence-electron chi connectivity index (χ3n) is 2.18. The Kier molecular flexibility index (Phi) is 3.24. The fraction of sp³-hybridized carbons (Fsp3) is 0.100. The first-order valence-corrected chi connectivity index (χ1v) is 5.21. The molecular weight excluding hydrogens is 264 g/mol. The Hall–Kier alpha value is -2.02. The summed E-state index contributed by atoms with van der Waals surface area (Å²) in [7, 11) is 1.50. The number of anilines is 3. The third kappa shape index (κ3) is 2.45. The molecule has 1 aromatic carbocycles. The maximum Gasteiger partial charge on any atom is 0.235 e. The van der Waals surface area contributed by atoms with Crippen molar-refractivity contribution in [3.05, 3.63) is 35.1 Å². The number of hydrogen-bond donors (Lipinski definition) is 1. The second-order valence-corrected chi connectivity index (χ2v) is 3.76. The summed E-state index contributed by atoms with van der Waals surface area (Å²) in [5.74, 6) is -1.43. The zero-order valence-electron chi connectivity index (χ0n) is 9.23. The van der Waals surface area contributed by atoms with E-state index in [0.29, 0.717) is 0 Å². The number of hydrogen-bond acceptors (Lipinski definition) is 5. The summed E-state index contributed by atoms with van der Waals surface area (Å²) in [4.78, 5) is 12.5. The zero-order chi connectivity index (χ0) is 13.3. The molecule has 1 aromatic heterocycles. The van der Waals surface area contributed by atoms with E-state index in [1.54, 1.807) is 0 Å². The van der Waals surface area contributed by atoms with Crippen molar-refractivity contribution in [2.24, 2.45) is 0 Å². The van der Waals surface area contributed by atoms with Gasteiger partial charge in [-0.05, 0) is 23.7 Å². The lowest BCUT2D eigenvalue weighted by molar-refractivity contribution is 0.583. The van der Waals surface area contributed by atoms with Gasteiger partial charge in [0.05, 0.1) is 5.69 Å². The van der Waals surface area contributed by atoms with Crippen LogP contribution in [0.4, 0.5) is 26.4 Å². The van der Waals surface area contributed by atoms with Crippen molar-refractivity contribution >= 4 is 29.2 Å². The number of nitrogen functional groups attached to an aromatic ring is 1. The molecule has 2 N–H and O–H groups in total. The van der Waals surface area contributed by atoms with Crippen LogP contribution in [0.25, 0.3) is 0 Å². The second kappa shape index (κ2) is 4.69. The molecule has 0 aliphatic rings. The summed E-state index contributed by atoms with van der Waals surface area (Å²) in [5, 5.41) is -0.105. The maximum atomic E-state index is 13.6. The standard InChI is InChI=1S/C10H8ClF2N5/c1-18(7-3-2-5(12)4-6(7)13)10-16-8(11)15-9(14)17-10/h2-4H,1H3,(H2,14,15,16,17). The minimum atomic E-state index is -0.743. The van der Waals surface area contributed by atoms with Crippen molar-refractivity contribution in [1.82, 2.24) is 15.0 Å². The smallest absolute Gasteiger partial charge is 0.235 e. The second-order valence-electron chi connectivity index (χ2n) is 3.42. The van der Waals surface area contributed by atoms with Crippen LogP contribution in [-0.4, -0.2) is 22.0 Å². The van der Waals surface area contributed by atoms with Crippen LogP contribution in [0.5, 0.6) is 0 Å². The number of benzene rings is 1. The topological polar surface area (TPSA) is 67.9 Å². The fourth-order valence-corrected chi connectivity index (χ4v) is 1.53. The van der Waals surface area contributed by atoms with Crippen LogP contribution in [-0.2, 0) is 0 Å². The van der Waals surface area contributed by atoms with Gasteiger partial charge in [-0.3, -0.25) is 0 Å². The van der Waals surface area contributed by atoms with Gasteiger partial charge in [-0.1, -0.05) is 0 Å². The summed E-state index contributed by atoms with van der Waals surface area (Å²) in [6.45, 7) is 0. The molecule has 18 heavy (non-hydrogen) atoms. The highest BCUT2D eigenvalue weighted by Crippen LogP contribution is 2.24. The first kappa shape index (κ1) is 12.4. The van der Waals surface area contributed by atoms with Gasteiger partial charge in [0.25, 0.3) is 0 Å². The molecule has 2 aromatic rings. The van der Waals surface area contributed by atoms with Gasteiger partial charge >= 0.3 is 0 Å². The lowest BCUT2D eigenvalue weighted by Crippen LogP contribution is -2.16. The monoisotopic (exact) mass is 271 g/mol. The molecule has 1 heterocycles. The number of nitrogens with two attached hydrogens (primary N) is 1. The average Bonchev–Trinajstić information content (AvgIpc) is 2.26. The van der Waals surface area contributed by atoms with Crippen molar-refractivity contribution in [3.63, 3.8) is 0 Å². The van der Waals surface area contributed by atoms with Crippen LogP contribution in [0.1, 0.15) is 0 Å². The molecular formula is C10H8ClF2N5. The molecule has 94 valence electrons. The van der Waals surface area contributed by atoms with Crippen molar-refractivity contribution in [1.29, 1.82) is 0 Å². The van der Waals surface area contributed by atoms with E-state index in [9.17, 15) is 8.78 Å². The zero-order valence-corrected chi connectivity index (χ0v) is 9.99. The Morgan fingerprint density at radius 3 is 2.56 bits per heavy atom. The van der Waals surface area contributed by atoms with Crippen molar-refractivity contribution in [3.8, 4) is 0 Å². The Morgan fingerprint density at radius 1 is 1.22 bits per heavy atom. The molecule has 0 saturated heterocycles. The Bertz CT molecular complexity index is 572. The van der Waals surface area contributed by atoms with E-state index in [-0.39, 0.29) is 22.9 Å². The third-order valence-corrected chi connectivity index (χ3v) is 2.35. The average molecular weight is 272 g/mol. The van der Waals surface area contributed by atoms with E-state index < -0.39 is 11.6 Å². The molecule has 5 nitrogen and oxygen atoms in total. The molecule has 0 spiro atoms. The van der Waals surface area contributed by atoms with Gasteiger partial charge in [0.2, 0.25) is 17.2 Å². The quantitative estimate of drug-likeness (QED) is 0.906. The molecule has 0 unspecified atom stereocenters. The highest BCUT2D eigenvalue weighted by molar-refractivity contribution is 6.28. The Labute approximate surface area is 106 Å².